The van der Waals surface area contributed by atoms with E-state index in [0.29, 0.717) is 0 Å². The summed E-state index contributed by atoms with van der Waals surface area (Å²) < 4.78 is 13.5. The number of nitro benzene ring substituents is 1. The van der Waals surface area contributed by atoms with Crippen LogP contribution >= 0.6 is 24.8 Å². The molecule has 8 heteroatoms. The van der Waals surface area contributed by atoms with Gasteiger partial charge in [-0.25, -0.2) is 0 Å². The maximum absolute atomic E-state index is 13.5. The predicted molar refractivity (Wildman–Crippen MR) is 94.3 cm³/mol. The molecule has 1 fully saturated rings. The van der Waals surface area contributed by atoms with Gasteiger partial charge in [-0.15, -0.1) is 24.8 Å². The molecular weight excluding hydrogens is 344 g/mol. The van der Waals surface area contributed by atoms with E-state index in [1.807, 2.05) is 0 Å². The Morgan fingerprint density at radius 3 is 2.57 bits per heavy atom. The molecule has 0 spiro atoms. The van der Waals surface area contributed by atoms with Gasteiger partial charge in [-0.3, -0.25) is 15.0 Å². The molecule has 1 aromatic carbocycles. The van der Waals surface area contributed by atoms with E-state index in [9.17, 15) is 14.5 Å². The summed E-state index contributed by atoms with van der Waals surface area (Å²) in [5.74, 6) is -0.765. The van der Waals surface area contributed by atoms with Crippen molar-refractivity contribution in [3.05, 3.63) is 39.7 Å². The monoisotopic (exact) mass is 367 g/mol. The van der Waals surface area contributed by atoms with Crippen LogP contribution in [0.3, 0.4) is 0 Å². The molecule has 2 rings (SSSR count). The molecule has 1 atom stereocenters. The summed E-state index contributed by atoms with van der Waals surface area (Å²) in [4.78, 5) is 12.6. The summed E-state index contributed by atoms with van der Waals surface area (Å²) in [5.41, 5.74) is 0.419. The third-order valence-electron chi connectivity index (χ3n) is 3.98. The van der Waals surface area contributed by atoms with Gasteiger partial charge in [0.05, 0.1) is 4.92 Å². The van der Waals surface area contributed by atoms with Crippen molar-refractivity contribution in [2.45, 2.75) is 32.2 Å². The van der Waals surface area contributed by atoms with E-state index in [4.69, 9.17) is 0 Å². The molecule has 1 aliphatic rings. The van der Waals surface area contributed by atoms with Crippen molar-refractivity contribution >= 4 is 30.5 Å². The third-order valence-corrected chi connectivity index (χ3v) is 3.98. The Bertz CT molecular complexity index is 500. The molecule has 0 bridgehead atoms. The first-order valence-corrected chi connectivity index (χ1v) is 7.52. The second-order valence-electron chi connectivity index (χ2n) is 5.41. The van der Waals surface area contributed by atoms with Gasteiger partial charge in [0.25, 0.3) is 0 Å². The van der Waals surface area contributed by atoms with E-state index in [-0.39, 0.29) is 30.9 Å². The van der Waals surface area contributed by atoms with Crippen LogP contribution in [-0.4, -0.2) is 36.0 Å². The van der Waals surface area contributed by atoms with E-state index < -0.39 is 16.4 Å². The highest BCUT2D eigenvalue weighted by atomic mass is 35.5. The van der Waals surface area contributed by atoms with Crippen LogP contribution in [0.4, 0.5) is 10.1 Å². The number of halogens is 3. The maximum Gasteiger partial charge on any atom is 0.305 e. The molecule has 0 saturated carbocycles. The quantitative estimate of drug-likeness (QED) is 0.614. The number of nitrogens with one attached hydrogen (secondary N) is 1. The molecule has 23 heavy (non-hydrogen) atoms. The first-order valence-electron chi connectivity index (χ1n) is 7.52. The topological polar surface area (TPSA) is 58.4 Å². The molecule has 0 unspecified atom stereocenters. The van der Waals surface area contributed by atoms with Crippen molar-refractivity contribution in [3.63, 3.8) is 0 Å². The largest absolute Gasteiger partial charge is 0.314 e. The molecule has 0 aromatic heterocycles. The van der Waals surface area contributed by atoms with Crippen molar-refractivity contribution in [2.75, 3.05) is 26.2 Å². The second kappa shape index (κ2) is 10.8. The molecular formula is C15H24Cl2FN3O2. The van der Waals surface area contributed by atoms with E-state index in [0.717, 1.165) is 51.0 Å². The molecule has 0 aliphatic carbocycles. The lowest BCUT2D eigenvalue weighted by Crippen LogP contribution is -2.45. The van der Waals surface area contributed by atoms with Gasteiger partial charge in [0.15, 0.2) is 0 Å². The molecule has 0 radical (unpaired) electrons. The summed E-state index contributed by atoms with van der Waals surface area (Å²) in [6.07, 6.45) is 3.07. The SMILES string of the molecule is CCCC[C@@H](c1ccc(F)c([N+](=O)[O-])c1)N1CCNCC1.Cl.Cl. The van der Waals surface area contributed by atoms with Crippen molar-refractivity contribution in [3.8, 4) is 0 Å². The van der Waals surface area contributed by atoms with Gasteiger partial charge in [-0.05, 0) is 18.1 Å². The van der Waals surface area contributed by atoms with Gasteiger partial charge in [0, 0.05) is 38.3 Å². The highest BCUT2D eigenvalue weighted by Gasteiger charge is 2.24. The van der Waals surface area contributed by atoms with Crippen LogP contribution in [0.2, 0.25) is 0 Å². The number of nitrogens with zero attached hydrogens (tertiary/aromatic N) is 2. The van der Waals surface area contributed by atoms with Gasteiger partial charge in [0.1, 0.15) is 0 Å². The van der Waals surface area contributed by atoms with Crippen molar-refractivity contribution < 1.29 is 9.31 Å². The van der Waals surface area contributed by atoms with Gasteiger partial charge in [-0.2, -0.15) is 4.39 Å². The van der Waals surface area contributed by atoms with Crippen LogP contribution in [0.1, 0.15) is 37.8 Å². The standard InChI is InChI=1S/C15H22FN3O2.2ClH/c1-2-3-4-14(18-9-7-17-8-10-18)12-5-6-13(16)15(11-12)19(20)21;;/h5-6,11,14,17H,2-4,7-10H2,1H3;2*1H/t14-;;/m0../s1. The molecule has 1 saturated heterocycles. The summed E-state index contributed by atoms with van der Waals surface area (Å²) in [6.45, 7) is 5.80. The Balaban J connectivity index is 0.00000242. The summed E-state index contributed by atoms with van der Waals surface area (Å²) in [6, 6.07) is 4.43. The number of hydrogen-bond acceptors (Lipinski definition) is 4. The molecule has 1 N–H and O–H groups in total. The molecule has 0 amide bonds. The van der Waals surface area contributed by atoms with Crippen LogP contribution in [0.25, 0.3) is 0 Å². The lowest BCUT2D eigenvalue weighted by atomic mass is 9.98. The number of rotatable bonds is 6. The predicted octanol–water partition coefficient (Wildman–Crippen LogP) is 3.71. The fourth-order valence-corrected chi connectivity index (χ4v) is 2.83. The number of benzene rings is 1. The number of piperazine rings is 1. The van der Waals surface area contributed by atoms with E-state index in [2.05, 4.69) is 17.1 Å². The summed E-state index contributed by atoms with van der Waals surface area (Å²) in [5, 5.41) is 14.2. The third kappa shape index (κ3) is 5.88. The Morgan fingerprint density at radius 2 is 2.00 bits per heavy atom. The van der Waals surface area contributed by atoms with Crippen LogP contribution in [0, 0.1) is 15.9 Å². The fourth-order valence-electron chi connectivity index (χ4n) is 2.83. The highest BCUT2D eigenvalue weighted by Crippen LogP contribution is 2.30. The summed E-state index contributed by atoms with van der Waals surface area (Å²) >= 11 is 0. The van der Waals surface area contributed by atoms with E-state index in [1.165, 1.54) is 12.1 Å². The van der Waals surface area contributed by atoms with Crippen molar-refractivity contribution in [1.29, 1.82) is 0 Å². The first-order chi connectivity index (χ1) is 10.1. The fraction of sp³-hybridized carbons (Fsp3) is 0.600. The molecule has 132 valence electrons. The van der Waals surface area contributed by atoms with Crippen molar-refractivity contribution in [2.24, 2.45) is 0 Å². The normalized spacial score (nSPS) is 16.1. The minimum Gasteiger partial charge on any atom is -0.314 e. The van der Waals surface area contributed by atoms with Gasteiger partial charge in [-0.1, -0.05) is 25.8 Å². The van der Waals surface area contributed by atoms with E-state index in [1.54, 1.807) is 6.07 Å². The van der Waals surface area contributed by atoms with Crippen molar-refractivity contribution in [1.82, 2.24) is 10.2 Å². The Hall–Kier alpha value is -0.950. The van der Waals surface area contributed by atoms with E-state index >= 15 is 0 Å². The van der Waals surface area contributed by atoms with Crippen LogP contribution in [0.5, 0.6) is 0 Å². The maximum atomic E-state index is 13.5. The minimum absolute atomic E-state index is 0. The number of hydrogen-bond donors (Lipinski definition) is 1. The van der Waals surface area contributed by atoms with Crippen LogP contribution in [-0.2, 0) is 0 Å². The Morgan fingerprint density at radius 1 is 1.35 bits per heavy atom. The average Bonchev–Trinajstić information content (AvgIpc) is 2.50. The summed E-state index contributed by atoms with van der Waals surface area (Å²) in [7, 11) is 0. The zero-order valence-electron chi connectivity index (χ0n) is 13.2. The van der Waals surface area contributed by atoms with Crippen LogP contribution in [0.15, 0.2) is 18.2 Å². The minimum atomic E-state index is -0.765. The number of nitro groups is 1. The molecule has 5 nitrogen and oxygen atoms in total. The molecule has 1 aliphatic heterocycles. The average molecular weight is 368 g/mol. The highest BCUT2D eigenvalue weighted by molar-refractivity contribution is 5.85. The molecule has 1 aromatic rings. The Labute approximate surface area is 148 Å². The van der Waals surface area contributed by atoms with Crippen LogP contribution < -0.4 is 5.32 Å². The lowest BCUT2D eigenvalue weighted by Gasteiger charge is -2.35. The second-order valence-corrected chi connectivity index (χ2v) is 5.41. The zero-order chi connectivity index (χ0) is 15.2. The van der Waals surface area contributed by atoms with Gasteiger partial charge in [0.2, 0.25) is 5.82 Å². The zero-order valence-corrected chi connectivity index (χ0v) is 14.8. The van der Waals surface area contributed by atoms with Gasteiger partial charge >= 0.3 is 5.69 Å². The number of unbranched alkanes of at least 4 members (excludes halogenated alkanes) is 1. The smallest absolute Gasteiger partial charge is 0.305 e. The van der Waals surface area contributed by atoms with Gasteiger partial charge < -0.3 is 5.32 Å². The lowest BCUT2D eigenvalue weighted by molar-refractivity contribution is -0.387. The first kappa shape index (κ1) is 22.1. The Kier molecular flexibility index (Phi) is 10.3. The molecule has 1 heterocycles.